The highest BCUT2D eigenvalue weighted by Crippen LogP contribution is 2.25. The van der Waals surface area contributed by atoms with Crippen LogP contribution in [0.1, 0.15) is 19.5 Å². The molecule has 2 heterocycles. The fraction of sp³-hybridized carbons (Fsp3) is 0.438. The molecule has 23 heavy (non-hydrogen) atoms. The molecule has 1 fully saturated rings. The fourth-order valence-electron chi connectivity index (χ4n) is 3.03. The molecule has 7 heteroatoms. The third-order valence-corrected chi connectivity index (χ3v) is 5.05. The van der Waals surface area contributed by atoms with Crippen LogP contribution in [0, 0.1) is 15.6 Å². The zero-order valence-corrected chi connectivity index (χ0v) is 14.6. The van der Waals surface area contributed by atoms with Crippen LogP contribution in [0.4, 0.5) is 8.78 Å². The summed E-state index contributed by atoms with van der Waals surface area (Å²) in [4.78, 5) is 2.23. The van der Waals surface area contributed by atoms with E-state index < -0.39 is 11.6 Å². The van der Waals surface area contributed by atoms with E-state index in [1.165, 1.54) is 34.1 Å². The monoisotopic (exact) mass is 356 g/mol. The molecule has 2 aromatic rings. The zero-order valence-electron chi connectivity index (χ0n) is 13.0. The summed E-state index contributed by atoms with van der Waals surface area (Å²) in [6.45, 7) is 6.21. The Bertz CT molecular complexity index is 729. The second-order valence-corrected chi connectivity index (χ2v) is 7.35. The van der Waals surface area contributed by atoms with Crippen molar-refractivity contribution >= 4 is 23.6 Å². The molecule has 1 aromatic carbocycles. The summed E-state index contributed by atoms with van der Waals surface area (Å²) >= 11 is 6.61. The van der Waals surface area contributed by atoms with Gasteiger partial charge in [-0.1, -0.05) is 6.07 Å². The van der Waals surface area contributed by atoms with Crippen LogP contribution in [0.2, 0.25) is 0 Å². The Balaban J connectivity index is 1.95. The third kappa shape index (κ3) is 3.52. The minimum atomic E-state index is -0.607. The molecule has 0 spiro atoms. The van der Waals surface area contributed by atoms with Gasteiger partial charge in [0.1, 0.15) is 17.3 Å². The number of benzene rings is 1. The summed E-state index contributed by atoms with van der Waals surface area (Å²) in [5, 5.41) is 1.87. The maximum Gasteiger partial charge on any atom is 0.166 e. The number of hydrogen-bond donors (Lipinski definition) is 0. The average molecular weight is 356 g/mol. The Morgan fingerprint density at radius 3 is 2.43 bits per heavy atom. The number of halogens is 2. The molecule has 0 radical (unpaired) electrons. The summed E-state index contributed by atoms with van der Waals surface area (Å²) in [7, 11) is 0. The normalized spacial score (nSPS) is 22.4. The van der Waals surface area contributed by atoms with Gasteiger partial charge >= 0.3 is 0 Å². The number of ether oxygens (including phenoxy) is 1. The maximum absolute atomic E-state index is 14.1. The van der Waals surface area contributed by atoms with Crippen LogP contribution in [-0.2, 0) is 11.3 Å². The molecule has 2 atom stereocenters. The average Bonchev–Trinajstić information content (AvgIpc) is 2.79. The van der Waals surface area contributed by atoms with Gasteiger partial charge in [-0.2, -0.15) is 0 Å². The van der Waals surface area contributed by atoms with Crippen molar-refractivity contribution in [3.63, 3.8) is 0 Å². The van der Waals surface area contributed by atoms with Gasteiger partial charge in [0.25, 0.3) is 0 Å². The van der Waals surface area contributed by atoms with Crippen molar-refractivity contribution in [2.75, 3.05) is 13.1 Å². The van der Waals surface area contributed by atoms with Gasteiger partial charge < -0.3 is 4.74 Å². The predicted octanol–water partition coefficient (Wildman–Crippen LogP) is 4.16. The molecule has 1 aliphatic rings. The Hall–Kier alpha value is -1.15. The van der Waals surface area contributed by atoms with E-state index in [0.717, 1.165) is 18.8 Å². The molecule has 2 unspecified atom stereocenters. The molecule has 0 aliphatic carbocycles. The van der Waals surface area contributed by atoms with Crippen LogP contribution in [-0.4, -0.2) is 34.8 Å². The number of hydrogen-bond acceptors (Lipinski definition) is 4. The lowest BCUT2D eigenvalue weighted by atomic mass is 10.2. The molecule has 1 saturated heterocycles. The van der Waals surface area contributed by atoms with E-state index >= 15 is 0 Å². The van der Waals surface area contributed by atoms with Gasteiger partial charge in [-0.3, -0.25) is 9.47 Å². The van der Waals surface area contributed by atoms with Gasteiger partial charge in [0.15, 0.2) is 3.95 Å². The molecular formula is C16H18F2N2OS2. The van der Waals surface area contributed by atoms with Crippen LogP contribution >= 0.6 is 23.6 Å². The third-order valence-electron chi connectivity index (χ3n) is 3.81. The zero-order chi connectivity index (χ0) is 16.6. The van der Waals surface area contributed by atoms with Gasteiger partial charge in [0.2, 0.25) is 0 Å². The number of para-hydroxylation sites is 1. The van der Waals surface area contributed by atoms with Crippen molar-refractivity contribution in [3.8, 4) is 5.69 Å². The number of rotatable bonds is 3. The van der Waals surface area contributed by atoms with E-state index in [0.29, 0.717) is 10.5 Å². The summed E-state index contributed by atoms with van der Waals surface area (Å²) in [5.41, 5.74) is 0.702. The van der Waals surface area contributed by atoms with Crippen molar-refractivity contribution in [2.24, 2.45) is 0 Å². The molecule has 0 bridgehead atoms. The van der Waals surface area contributed by atoms with Gasteiger partial charge in [-0.15, -0.1) is 11.3 Å². The summed E-state index contributed by atoms with van der Waals surface area (Å²) in [5.74, 6) is -1.21. The molecule has 124 valence electrons. The van der Waals surface area contributed by atoms with Crippen molar-refractivity contribution in [1.82, 2.24) is 9.47 Å². The van der Waals surface area contributed by atoms with Gasteiger partial charge in [0, 0.05) is 30.7 Å². The van der Waals surface area contributed by atoms with E-state index in [1.807, 2.05) is 19.2 Å². The van der Waals surface area contributed by atoms with E-state index in [4.69, 9.17) is 17.0 Å². The van der Waals surface area contributed by atoms with E-state index in [-0.39, 0.29) is 17.9 Å². The summed E-state index contributed by atoms with van der Waals surface area (Å²) in [6.07, 6.45) is 0.276. The van der Waals surface area contributed by atoms with Crippen LogP contribution in [0.5, 0.6) is 0 Å². The second-order valence-electron chi connectivity index (χ2n) is 5.85. The molecule has 1 aliphatic heterocycles. The maximum atomic E-state index is 14.1. The first-order valence-electron chi connectivity index (χ1n) is 7.47. The smallest absolute Gasteiger partial charge is 0.166 e. The van der Waals surface area contributed by atoms with Crippen molar-refractivity contribution in [1.29, 1.82) is 0 Å². The van der Waals surface area contributed by atoms with Gasteiger partial charge in [0.05, 0.1) is 12.2 Å². The first-order valence-corrected chi connectivity index (χ1v) is 8.76. The molecule has 3 rings (SSSR count). The highest BCUT2D eigenvalue weighted by molar-refractivity contribution is 7.73. The van der Waals surface area contributed by atoms with Gasteiger partial charge in [-0.25, -0.2) is 8.78 Å². The van der Waals surface area contributed by atoms with Crippen LogP contribution < -0.4 is 0 Å². The minimum Gasteiger partial charge on any atom is -0.373 e. The lowest BCUT2D eigenvalue weighted by Crippen LogP contribution is -2.45. The first-order chi connectivity index (χ1) is 11.0. The van der Waals surface area contributed by atoms with Crippen molar-refractivity contribution < 1.29 is 13.5 Å². The lowest BCUT2D eigenvalue weighted by Gasteiger charge is -2.35. The molecular weight excluding hydrogens is 338 g/mol. The predicted molar refractivity (Wildman–Crippen MR) is 89.7 cm³/mol. The van der Waals surface area contributed by atoms with E-state index in [9.17, 15) is 8.78 Å². The number of thiazole rings is 1. The highest BCUT2D eigenvalue weighted by Gasteiger charge is 2.24. The van der Waals surface area contributed by atoms with Crippen LogP contribution in [0.15, 0.2) is 23.6 Å². The molecule has 0 saturated carbocycles. The number of aromatic nitrogens is 1. The second kappa shape index (κ2) is 6.76. The van der Waals surface area contributed by atoms with Crippen LogP contribution in [0.3, 0.4) is 0 Å². The van der Waals surface area contributed by atoms with Gasteiger partial charge in [-0.05, 0) is 38.2 Å². The Labute approximate surface area is 143 Å². The minimum absolute atomic E-state index is 0.0943. The summed E-state index contributed by atoms with van der Waals surface area (Å²) < 4.78 is 36.0. The van der Waals surface area contributed by atoms with E-state index in [2.05, 4.69) is 4.90 Å². The largest absolute Gasteiger partial charge is 0.373 e. The van der Waals surface area contributed by atoms with Crippen molar-refractivity contribution in [2.45, 2.75) is 32.6 Å². The lowest BCUT2D eigenvalue weighted by molar-refractivity contribution is -0.0708. The fourth-order valence-corrected chi connectivity index (χ4v) is 4.11. The quantitative estimate of drug-likeness (QED) is 0.769. The standard InChI is InChI=1S/C16H18F2N2OS2/c1-10-6-19(7-11(2)21-10)8-12-9-23-16(22)20(12)15-13(17)4-3-5-14(15)18/h3-5,9-11H,6-8H2,1-2H3. The first kappa shape index (κ1) is 16.7. The van der Waals surface area contributed by atoms with Crippen LogP contribution in [0.25, 0.3) is 5.69 Å². The molecule has 0 N–H and O–H groups in total. The SMILES string of the molecule is CC1CN(Cc2csc(=S)n2-c2c(F)cccc2F)CC(C)O1. The summed E-state index contributed by atoms with van der Waals surface area (Å²) in [6, 6.07) is 3.86. The van der Waals surface area contributed by atoms with Crippen molar-refractivity contribution in [3.05, 3.63) is 44.9 Å². The Kier molecular flexibility index (Phi) is 4.91. The topological polar surface area (TPSA) is 17.4 Å². The molecule has 0 amide bonds. The number of morpholine rings is 1. The Morgan fingerprint density at radius 2 is 1.83 bits per heavy atom. The molecule has 1 aromatic heterocycles. The van der Waals surface area contributed by atoms with E-state index in [1.54, 1.807) is 0 Å². The molecule has 3 nitrogen and oxygen atoms in total. The Morgan fingerprint density at radius 1 is 1.22 bits per heavy atom. The number of nitrogens with zero attached hydrogens (tertiary/aromatic N) is 2. The highest BCUT2D eigenvalue weighted by atomic mass is 32.1.